The zero-order chi connectivity index (χ0) is 15.8. The Hall–Kier alpha value is -0.730. The van der Waals surface area contributed by atoms with Crippen molar-refractivity contribution in [2.24, 2.45) is 0 Å². The van der Waals surface area contributed by atoms with Crippen molar-refractivity contribution in [1.82, 2.24) is 5.32 Å². The average molecular weight is 305 g/mol. The zero-order valence-corrected chi connectivity index (χ0v) is 12.7. The lowest BCUT2D eigenvalue weighted by molar-refractivity contribution is -0.270. The van der Waals surface area contributed by atoms with Crippen molar-refractivity contribution in [3.05, 3.63) is 0 Å². The van der Waals surface area contributed by atoms with Gasteiger partial charge in [-0.1, -0.05) is 20.3 Å². The molecule has 5 atom stereocenters. The van der Waals surface area contributed by atoms with Gasteiger partial charge in [0.1, 0.15) is 24.4 Å². The summed E-state index contributed by atoms with van der Waals surface area (Å²) < 4.78 is 11.0. The summed E-state index contributed by atoms with van der Waals surface area (Å²) in [5.74, 6) is -0.233. The Balaban J connectivity index is 2.72. The lowest BCUT2D eigenvalue weighted by Gasteiger charge is -2.42. The van der Waals surface area contributed by atoms with Gasteiger partial charge in [0.2, 0.25) is 5.91 Å². The minimum Gasteiger partial charge on any atom is -0.394 e. The molecule has 0 aromatic carbocycles. The normalized spacial score (nSPS) is 32.9. The highest BCUT2D eigenvalue weighted by atomic mass is 16.7. The second kappa shape index (κ2) is 9.32. The van der Waals surface area contributed by atoms with E-state index in [1.54, 1.807) is 0 Å². The lowest BCUT2D eigenvalue weighted by Crippen LogP contribution is -2.64. The van der Waals surface area contributed by atoms with Gasteiger partial charge in [0.15, 0.2) is 6.29 Å². The SMILES string of the molecule is CCCCOC1O[C@H](CO)[C@@H](O)[C@H](O)[C@H]1NC(=O)CCC. The van der Waals surface area contributed by atoms with E-state index in [0.29, 0.717) is 19.4 Å². The molecule has 0 bridgehead atoms. The van der Waals surface area contributed by atoms with Crippen LogP contribution in [0.1, 0.15) is 39.5 Å². The third-order valence-electron chi connectivity index (χ3n) is 3.47. The van der Waals surface area contributed by atoms with Crippen LogP contribution < -0.4 is 5.32 Å². The summed E-state index contributed by atoms with van der Waals surface area (Å²) in [4.78, 5) is 11.7. The molecule has 0 spiro atoms. The third kappa shape index (κ3) is 5.19. The number of carbonyl (C=O) groups is 1. The predicted octanol–water partition coefficient (Wildman–Crippen LogP) is -0.473. The van der Waals surface area contributed by atoms with Crippen LogP contribution in [0.25, 0.3) is 0 Å². The largest absolute Gasteiger partial charge is 0.394 e. The minimum atomic E-state index is -1.27. The van der Waals surface area contributed by atoms with Crippen molar-refractivity contribution in [2.45, 2.75) is 70.2 Å². The molecule has 1 saturated heterocycles. The van der Waals surface area contributed by atoms with Crippen molar-refractivity contribution >= 4 is 5.91 Å². The highest BCUT2D eigenvalue weighted by Gasteiger charge is 2.45. The first kappa shape index (κ1) is 18.3. The number of rotatable bonds is 8. The van der Waals surface area contributed by atoms with Gasteiger partial charge in [-0.15, -0.1) is 0 Å². The van der Waals surface area contributed by atoms with Gasteiger partial charge in [-0.2, -0.15) is 0 Å². The van der Waals surface area contributed by atoms with Crippen LogP contribution in [0.15, 0.2) is 0 Å². The van der Waals surface area contributed by atoms with E-state index in [9.17, 15) is 20.1 Å². The molecule has 4 N–H and O–H groups in total. The first-order chi connectivity index (χ1) is 10.0. The zero-order valence-electron chi connectivity index (χ0n) is 12.7. The molecule has 1 heterocycles. The number of carbonyl (C=O) groups excluding carboxylic acids is 1. The lowest BCUT2D eigenvalue weighted by atomic mass is 9.96. The van der Waals surface area contributed by atoms with Gasteiger partial charge in [-0.25, -0.2) is 0 Å². The Morgan fingerprint density at radius 2 is 1.95 bits per heavy atom. The fourth-order valence-corrected chi connectivity index (χ4v) is 2.21. The average Bonchev–Trinajstić information content (AvgIpc) is 2.46. The first-order valence-electron chi connectivity index (χ1n) is 7.58. The van der Waals surface area contributed by atoms with Crippen LogP contribution in [0.3, 0.4) is 0 Å². The van der Waals surface area contributed by atoms with Gasteiger partial charge >= 0.3 is 0 Å². The number of ether oxygens (including phenoxy) is 2. The molecule has 0 aromatic rings. The molecule has 0 aromatic heterocycles. The minimum absolute atomic E-state index is 0.233. The number of hydrogen-bond donors (Lipinski definition) is 4. The number of unbranched alkanes of at least 4 members (excludes halogenated alkanes) is 1. The molecule has 1 unspecified atom stereocenters. The summed E-state index contributed by atoms with van der Waals surface area (Å²) in [6, 6.07) is -0.848. The number of aliphatic hydroxyl groups excluding tert-OH is 3. The molecule has 0 aliphatic carbocycles. The van der Waals surface area contributed by atoms with E-state index in [0.717, 1.165) is 12.8 Å². The molecule has 1 aliphatic heterocycles. The Morgan fingerprint density at radius 1 is 1.24 bits per heavy atom. The van der Waals surface area contributed by atoms with E-state index in [-0.39, 0.29) is 5.91 Å². The highest BCUT2D eigenvalue weighted by molar-refractivity contribution is 5.76. The Labute approximate surface area is 125 Å². The number of amides is 1. The number of aliphatic hydroxyl groups is 3. The first-order valence-corrected chi connectivity index (χ1v) is 7.58. The van der Waals surface area contributed by atoms with Crippen LogP contribution in [-0.4, -0.2) is 65.1 Å². The quantitative estimate of drug-likeness (QED) is 0.451. The van der Waals surface area contributed by atoms with Gasteiger partial charge in [-0.3, -0.25) is 4.79 Å². The van der Waals surface area contributed by atoms with E-state index in [2.05, 4.69) is 5.32 Å². The molecule has 1 rings (SSSR count). The Bertz CT molecular complexity index is 314. The summed E-state index contributed by atoms with van der Waals surface area (Å²) in [6.45, 7) is 3.88. The van der Waals surface area contributed by atoms with Crippen LogP contribution in [0.2, 0.25) is 0 Å². The van der Waals surface area contributed by atoms with E-state index in [1.807, 2.05) is 13.8 Å². The van der Waals surface area contributed by atoms with Gasteiger partial charge in [0, 0.05) is 13.0 Å². The van der Waals surface area contributed by atoms with Crippen LogP contribution >= 0.6 is 0 Å². The molecular weight excluding hydrogens is 278 g/mol. The van der Waals surface area contributed by atoms with E-state index in [4.69, 9.17) is 9.47 Å². The van der Waals surface area contributed by atoms with Gasteiger partial charge in [-0.05, 0) is 12.8 Å². The van der Waals surface area contributed by atoms with Gasteiger partial charge in [0.25, 0.3) is 0 Å². The molecule has 1 fully saturated rings. The van der Waals surface area contributed by atoms with Gasteiger partial charge < -0.3 is 30.1 Å². The molecular formula is C14H27NO6. The standard InChI is InChI=1S/C14H27NO6/c1-3-5-7-20-14-11(15-10(17)6-4-2)13(19)12(18)9(8-16)21-14/h9,11-14,16,18-19H,3-8H2,1-2H3,(H,15,17)/t9-,11-,12-,13-,14?/m1/s1. The molecule has 1 aliphatic rings. The van der Waals surface area contributed by atoms with Crippen LogP contribution in [0, 0.1) is 0 Å². The molecule has 1 amide bonds. The summed E-state index contributed by atoms with van der Waals surface area (Å²) in [6.07, 6.45) is -1.56. The van der Waals surface area contributed by atoms with E-state index < -0.39 is 37.3 Å². The molecule has 21 heavy (non-hydrogen) atoms. The topological polar surface area (TPSA) is 108 Å². The maximum atomic E-state index is 11.7. The number of nitrogens with one attached hydrogen (secondary N) is 1. The van der Waals surface area contributed by atoms with Crippen molar-refractivity contribution in [3.63, 3.8) is 0 Å². The maximum absolute atomic E-state index is 11.7. The molecule has 0 saturated carbocycles. The van der Waals surface area contributed by atoms with Crippen molar-refractivity contribution in [2.75, 3.05) is 13.2 Å². The predicted molar refractivity (Wildman–Crippen MR) is 75.5 cm³/mol. The molecule has 0 radical (unpaired) electrons. The third-order valence-corrected chi connectivity index (χ3v) is 3.47. The summed E-state index contributed by atoms with van der Waals surface area (Å²) in [7, 11) is 0. The van der Waals surface area contributed by atoms with Crippen LogP contribution in [0.4, 0.5) is 0 Å². The number of hydrogen-bond acceptors (Lipinski definition) is 6. The second-order valence-corrected chi connectivity index (χ2v) is 5.27. The van der Waals surface area contributed by atoms with Gasteiger partial charge in [0.05, 0.1) is 6.61 Å². The highest BCUT2D eigenvalue weighted by Crippen LogP contribution is 2.22. The Kier molecular flexibility index (Phi) is 8.13. The monoisotopic (exact) mass is 305 g/mol. The molecule has 124 valence electrons. The smallest absolute Gasteiger partial charge is 0.220 e. The fraction of sp³-hybridized carbons (Fsp3) is 0.929. The van der Waals surface area contributed by atoms with Crippen LogP contribution in [0.5, 0.6) is 0 Å². The molecule has 7 nitrogen and oxygen atoms in total. The van der Waals surface area contributed by atoms with Crippen molar-refractivity contribution in [3.8, 4) is 0 Å². The second-order valence-electron chi connectivity index (χ2n) is 5.27. The van der Waals surface area contributed by atoms with Crippen molar-refractivity contribution in [1.29, 1.82) is 0 Å². The van der Waals surface area contributed by atoms with Crippen molar-refractivity contribution < 1.29 is 29.6 Å². The van der Waals surface area contributed by atoms with E-state index in [1.165, 1.54) is 0 Å². The summed E-state index contributed by atoms with van der Waals surface area (Å²) >= 11 is 0. The maximum Gasteiger partial charge on any atom is 0.220 e. The fourth-order valence-electron chi connectivity index (χ4n) is 2.21. The summed E-state index contributed by atoms with van der Waals surface area (Å²) in [5, 5.41) is 31.9. The Morgan fingerprint density at radius 3 is 2.52 bits per heavy atom. The summed E-state index contributed by atoms with van der Waals surface area (Å²) in [5.41, 5.74) is 0. The molecule has 7 heteroatoms. The van der Waals surface area contributed by atoms with Crippen LogP contribution in [-0.2, 0) is 14.3 Å². The van der Waals surface area contributed by atoms with E-state index >= 15 is 0 Å².